The smallest absolute Gasteiger partial charge is 0.315 e. The topological polar surface area (TPSA) is 79.5 Å². The highest BCUT2D eigenvalue weighted by molar-refractivity contribution is 5.91. The van der Waals surface area contributed by atoms with Gasteiger partial charge in [0.05, 0.1) is 6.61 Å². The number of rotatable bonds is 9. The van der Waals surface area contributed by atoms with Crippen LogP contribution in [0.15, 0.2) is 54.6 Å². The Kier molecular flexibility index (Phi) is 7.85. The van der Waals surface area contributed by atoms with Crippen LogP contribution in [0.2, 0.25) is 0 Å². The number of ether oxygens (including phenoxy) is 1. The van der Waals surface area contributed by atoms with Crippen LogP contribution < -0.4 is 16.0 Å². The first-order valence-corrected chi connectivity index (χ1v) is 10.7. The van der Waals surface area contributed by atoms with Gasteiger partial charge in [0.2, 0.25) is 5.91 Å². The zero-order valence-corrected chi connectivity index (χ0v) is 17.6. The van der Waals surface area contributed by atoms with E-state index in [9.17, 15) is 9.59 Å². The molecule has 0 unspecified atom stereocenters. The second-order valence-corrected chi connectivity index (χ2v) is 7.67. The highest BCUT2D eigenvalue weighted by Crippen LogP contribution is 2.30. The summed E-state index contributed by atoms with van der Waals surface area (Å²) >= 11 is 0. The molecule has 2 aromatic carbocycles. The summed E-state index contributed by atoms with van der Waals surface area (Å²) in [5.41, 5.74) is 2.26. The van der Waals surface area contributed by atoms with Crippen LogP contribution in [0.3, 0.4) is 0 Å². The quantitative estimate of drug-likeness (QED) is 0.591. The number of carbonyl (C=O) groups is 2. The van der Waals surface area contributed by atoms with Crippen LogP contribution in [-0.2, 0) is 29.2 Å². The van der Waals surface area contributed by atoms with Gasteiger partial charge in [-0.2, -0.15) is 0 Å². The van der Waals surface area contributed by atoms with E-state index in [-0.39, 0.29) is 11.9 Å². The van der Waals surface area contributed by atoms with E-state index in [4.69, 9.17) is 4.74 Å². The maximum atomic E-state index is 13.1. The predicted molar refractivity (Wildman–Crippen MR) is 117 cm³/mol. The molecule has 0 radical (unpaired) electrons. The SMILES string of the molecule is CCOCc1ccccc1CNC(=O)C1(NC(=O)NCc2ccccc2)CCCC1. The molecule has 6 heteroatoms. The van der Waals surface area contributed by atoms with Crippen LogP contribution >= 0.6 is 0 Å². The fraction of sp³-hybridized carbons (Fsp3) is 0.417. The standard InChI is InChI=1S/C24H31N3O3/c1-2-30-18-21-13-7-6-12-20(21)17-25-22(28)24(14-8-9-15-24)27-23(29)26-16-19-10-4-3-5-11-19/h3-7,10-13H,2,8-9,14-18H2,1H3,(H,25,28)(H2,26,27,29). The molecule has 0 saturated heterocycles. The van der Waals surface area contributed by atoms with Crippen molar-refractivity contribution >= 4 is 11.9 Å². The molecule has 0 heterocycles. The fourth-order valence-electron chi connectivity index (χ4n) is 3.85. The predicted octanol–water partition coefficient (Wildman–Crippen LogP) is 3.65. The van der Waals surface area contributed by atoms with Gasteiger partial charge in [-0.05, 0) is 36.5 Å². The molecule has 3 N–H and O–H groups in total. The molecular formula is C24H31N3O3. The Bertz CT molecular complexity index is 833. The van der Waals surface area contributed by atoms with Crippen LogP contribution in [0.5, 0.6) is 0 Å². The number of carbonyl (C=O) groups excluding carboxylic acids is 2. The molecule has 3 rings (SSSR count). The zero-order valence-electron chi connectivity index (χ0n) is 17.6. The minimum absolute atomic E-state index is 0.124. The fourth-order valence-corrected chi connectivity index (χ4v) is 3.85. The van der Waals surface area contributed by atoms with Crippen LogP contribution in [0.4, 0.5) is 4.79 Å². The highest BCUT2D eigenvalue weighted by Gasteiger charge is 2.42. The Morgan fingerprint density at radius 2 is 1.57 bits per heavy atom. The minimum Gasteiger partial charge on any atom is -0.377 e. The summed E-state index contributed by atoms with van der Waals surface area (Å²) in [6.45, 7) is 3.97. The van der Waals surface area contributed by atoms with Crippen LogP contribution in [0, 0.1) is 0 Å². The van der Waals surface area contributed by atoms with Gasteiger partial charge in [0.15, 0.2) is 0 Å². The van der Waals surface area contributed by atoms with Crippen molar-refractivity contribution in [3.8, 4) is 0 Å². The molecule has 0 aliphatic heterocycles. The minimum atomic E-state index is -0.852. The van der Waals surface area contributed by atoms with E-state index >= 15 is 0 Å². The summed E-state index contributed by atoms with van der Waals surface area (Å²) in [7, 11) is 0. The third-order valence-corrected chi connectivity index (χ3v) is 5.56. The van der Waals surface area contributed by atoms with Gasteiger partial charge in [-0.15, -0.1) is 0 Å². The third kappa shape index (κ3) is 5.83. The first-order chi connectivity index (χ1) is 14.6. The molecule has 2 aromatic rings. The number of urea groups is 1. The lowest BCUT2D eigenvalue weighted by molar-refractivity contribution is -0.127. The first-order valence-electron chi connectivity index (χ1n) is 10.7. The average molecular weight is 410 g/mol. The van der Waals surface area contributed by atoms with Gasteiger partial charge in [0, 0.05) is 19.7 Å². The molecule has 30 heavy (non-hydrogen) atoms. The maximum absolute atomic E-state index is 13.1. The molecule has 0 spiro atoms. The summed E-state index contributed by atoms with van der Waals surface area (Å²) in [4.78, 5) is 25.6. The van der Waals surface area contributed by atoms with Crippen molar-refractivity contribution in [3.63, 3.8) is 0 Å². The Hall–Kier alpha value is -2.86. The summed E-state index contributed by atoms with van der Waals surface area (Å²) in [5, 5.41) is 8.87. The lowest BCUT2D eigenvalue weighted by atomic mass is 9.96. The van der Waals surface area contributed by atoms with Crippen molar-refractivity contribution in [3.05, 3.63) is 71.3 Å². The van der Waals surface area contributed by atoms with Gasteiger partial charge in [-0.25, -0.2) is 4.79 Å². The molecule has 1 saturated carbocycles. The Balaban J connectivity index is 1.58. The number of hydrogen-bond donors (Lipinski definition) is 3. The van der Waals surface area contributed by atoms with E-state index in [0.29, 0.717) is 39.1 Å². The molecule has 0 aromatic heterocycles. The lowest BCUT2D eigenvalue weighted by Gasteiger charge is -2.29. The molecule has 0 bridgehead atoms. The Labute approximate surface area is 178 Å². The van der Waals surface area contributed by atoms with Gasteiger partial charge in [-0.1, -0.05) is 67.4 Å². The number of hydrogen-bond acceptors (Lipinski definition) is 3. The van der Waals surface area contributed by atoms with Gasteiger partial charge in [-0.3, -0.25) is 4.79 Å². The van der Waals surface area contributed by atoms with E-state index < -0.39 is 5.54 Å². The molecule has 1 aliphatic rings. The molecular weight excluding hydrogens is 378 g/mol. The van der Waals surface area contributed by atoms with E-state index in [2.05, 4.69) is 16.0 Å². The number of amides is 3. The van der Waals surface area contributed by atoms with Crippen molar-refractivity contribution in [2.75, 3.05) is 6.61 Å². The van der Waals surface area contributed by atoms with Crippen LogP contribution in [0.1, 0.15) is 49.3 Å². The summed E-state index contributed by atoms with van der Waals surface area (Å²) in [6, 6.07) is 17.3. The Morgan fingerprint density at radius 3 is 2.27 bits per heavy atom. The highest BCUT2D eigenvalue weighted by atomic mass is 16.5. The van der Waals surface area contributed by atoms with E-state index in [1.807, 2.05) is 61.5 Å². The van der Waals surface area contributed by atoms with Gasteiger partial charge in [0.1, 0.15) is 5.54 Å². The summed E-state index contributed by atoms with van der Waals surface area (Å²) in [6.07, 6.45) is 3.15. The van der Waals surface area contributed by atoms with Crippen molar-refractivity contribution < 1.29 is 14.3 Å². The second-order valence-electron chi connectivity index (χ2n) is 7.67. The van der Waals surface area contributed by atoms with E-state index in [1.54, 1.807) is 0 Å². The third-order valence-electron chi connectivity index (χ3n) is 5.56. The van der Waals surface area contributed by atoms with Crippen molar-refractivity contribution in [2.24, 2.45) is 0 Å². The second kappa shape index (κ2) is 10.8. The first kappa shape index (κ1) is 21.8. The molecule has 1 aliphatic carbocycles. The van der Waals surface area contributed by atoms with Crippen LogP contribution in [-0.4, -0.2) is 24.1 Å². The monoisotopic (exact) mass is 409 g/mol. The van der Waals surface area contributed by atoms with Gasteiger partial charge in [0.25, 0.3) is 0 Å². The van der Waals surface area contributed by atoms with Crippen molar-refractivity contribution in [1.82, 2.24) is 16.0 Å². The van der Waals surface area contributed by atoms with Crippen molar-refractivity contribution in [2.45, 2.75) is 57.8 Å². The van der Waals surface area contributed by atoms with Gasteiger partial charge < -0.3 is 20.7 Å². The normalized spacial score (nSPS) is 14.8. The van der Waals surface area contributed by atoms with E-state index in [1.165, 1.54) is 0 Å². The van der Waals surface area contributed by atoms with E-state index in [0.717, 1.165) is 29.5 Å². The Morgan fingerprint density at radius 1 is 0.900 bits per heavy atom. The molecule has 6 nitrogen and oxygen atoms in total. The summed E-state index contributed by atoms with van der Waals surface area (Å²) in [5.74, 6) is -0.124. The number of nitrogens with one attached hydrogen (secondary N) is 3. The average Bonchev–Trinajstić information content (AvgIpc) is 3.25. The lowest BCUT2D eigenvalue weighted by Crippen LogP contribution is -2.59. The molecule has 160 valence electrons. The molecule has 0 atom stereocenters. The summed E-state index contributed by atoms with van der Waals surface area (Å²) < 4.78 is 5.52. The van der Waals surface area contributed by atoms with Crippen molar-refractivity contribution in [1.29, 1.82) is 0 Å². The van der Waals surface area contributed by atoms with Gasteiger partial charge >= 0.3 is 6.03 Å². The molecule has 1 fully saturated rings. The maximum Gasteiger partial charge on any atom is 0.315 e. The molecule has 3 amide bonds. The zero-order chi connectivity index (χ0) is 21.2. The number of benzene rings is 2. The van der Waals surface area contributed by atoms with Crippen LogP contribution in [0.25, 0.3) is 0 Å². The largest absolute Gasteiger partial charge is 0.377 e.